The van der Waals surface area contributed by atoms with E-state index in [1.807, 2.05) is 19.9 Å². The lowest BCUT2D eigenvalue weighted by Crippen LogP contribution is -2.06. The fourth-order valence-electron chi connectivity index (χ4n) is 3.01. The second kappa shape index (κ2) is 5.46. The van der Waals surface area contributed by atoms with Gasteiger partial charge in [-0.05, 0) is 44.0 Å². The highest BCUT2D eigenvalue weighted by Gasteiger charge is 2.20. The molecule has 120 valence electrons. The summed E-state index contributed by atoms with van der Waals surface area (Å²) in [5.74, 6) is -0.771. The molecule has 0 bridgehead atoms. The molecule has 0 aliphatic carbocycles. The number of hydrogen-bond donors (Lipinski definition) is 2. The maximum absolute atomic E-state index is 12.0. The number of ether oxygens (including phenoxy) is 2. The number of carbonyl (C=O) groups is 2. The van der Waals surface area contributed by atoms with Crippen LogP contribution < -0.4 is 0 Å². The van der Waals surface area contributed by atoms with Crippen LogP contribution in [0.2, 0.25) is 0 Å². The predicted molar refractivity (Wildman–Crippen MR) is 86.9 cm³/mol. The Balaban J connectivity index is 2.24. The SMILES string of the molecule is CCOC(=O)c1[nH]c2cc3[nH]c(C(=O)OC)cc3c(C)c2c1C. The second-order valence-electron chi connectivity index (χ2n) is 5.41. The van der Waals surface area contributed by atoms with Gasteiger partial charge in [-0.25, -0.2) is 9.59 Å². The van der Waals surface area contributed by atoms with Crippen molar-refractivity contribution < 1.29 is 19.1 Å². The number of rotatable bonds is 3. The van der Waals surface area contributed by atoms with Crippen molar-refractivity contribution in [2.75, 3.05) is 13.7 Å². The van der Waals surface area contributed by atoms with Crippen LogP contribution in [0, 0.1) is 13.8 Å². The summed E-state index contributed by atoms with van der Waals surface area (Å²) in [6.07, 6.45) is 0. The summed E-state index contributed by atoms with van der Waals surface area (Å²) in [7, 11) is 1.35. The molecule has 0 fully saturated rings. The number of benzene rings is 1. The number of carbonyl (C=O) groups excluding carboxylic acids is 2. The van der Waals surface area contributed by atoms with E-state index in [1.165, 1.54) is 7.11 Å². The van der Waals surface area contributed by atoms with Crippen molar-refractivity contribution in [3.05, 3.63) is 34.6 Å². The minimum atomic E-state index is -0.409. The van der Waals surface area contributed by atoms with Crippen LogP contribution in [0.3, 0.4) is 0 Å². The van der Waals surface area contributed by atoms with E-state index in [9.17, 15) is 9.59 Å². The van der Waals surface area contributed by atoms with Crippen molar-refractivity contribution in [2.45, 2.75) is 20.8 Å². The molecule has 6 heteroatoms. The molecule has 3 aromatic rings. The number of nitrogens with one attached hydrogen (secondary N) is 2. The molecule has 0 aliphatic rings. The number of H-pyrrole nitrogens is 2. The third kappa shape index (κ3) is 2.27. The molecule has 0 saturated carbocycles. The van der Waals surface area contributed by atoms with E-state index < -0.39 is 5.97 Å². The fraction of sp³-hybridized carbons (Fsp3) is 0.294. The number of esters is 2. The van der Waals surface area contributed by atoms with Crippen molar-refractivity contribution in [2.24, 2.45) is 0 Å². The third-order valence-corrected chi connectivity index (χ3v) is 4.08. The number of hydrogen-bond acceptors (Lipinski definition) is 4. The first-order valence-corrected chi connectivity index (χ1v) is 7.38. The van der Waals surface area contributed by atoms with Gasteiger partial charge in [0.1, 0.15) is 11.4 Å². The molecular formula is C17H18N2O4. The molecule has 2 N–H and O–H groups in total. The molecule has 0 spiro atoms. The summed E-state index contributed by atoms with van der Waals surface area (Å²) in [4.78, 5) is 29.9. The Kier molecular flexibility index (Phi) is 3.60. The molecule has 0 aliphatic heterocycles. The normalized spacial score (nSPS) is 11.1. The highest BCUT2D eigenvalue weighted by Crippen LogP contribution is 2.32. The molecule has 23 heavy (non-hydrogen) atoms. The van der Waals surface area contributed by atoms with Gasteiger partial charge in [-0.3, -0.25) is 0 Å². The quantitative estimate of drug-likeness (QED) is 0.727. The van der Waals surface area contributed by atoms with Crippen LogP contribution in [0.15, 0.2) is 12.1 Å². The molecule has 0 radical (unpaired) electrons. The van der Waals surface area contributed by atoms with Crippen molar-refractivity contribution in [3.63, 3.8) is 0 Å². The van der Waals surface area contributed by atoms with Gasteiger partial charge < -0.3 is 19.4 Å². The molecule has 6 nitrogen and oxygen atoms in total. The Morgan fingerprint density at radius 2 is 1.78 bits per heavy atom. The first-order valence-electron chi connectivity index (χ1n) is 7.38. The molecule has 2 aromatic heterocycles. The van der Waals surface area contributed by atoms with E-state index in [2.05, 4.69) is 9.97 Å². The number of aromatic nitrogens is 2. The smallest absolute Gasteiger partial charge is 0.355 e. The third-order valence-electron chi connectivity index (χ3n) is 4.08. The summed E-state index contributed by atoms with van der Waals surface area (Å²) < 4.78 is 9.83. The number of fused-ring (bicyclic) bond motifs is 2. The summed E-state index contributed by atoms with van der Waals surface area (Å²) in [6.45, 7) is 5.96. The zero-order valence-electron chi connectivity index (χ0n) is 13.5. The lowest BCUT2D eigenvalue weighted by molar-refractivity contribution is 0.0518. The Hall–Kier alpha value is -2.76. The van der Waals surface area contributed by atoms with Gasteiger partial charge in [-0.2, -0.15) is 0 Å². The van der Waals surface area contributed by atoms with E-state index in [0.29, 0.717) is 18.0 Å². The zero-order valence-corrected chi connectivity index (χ0v) is 13.5. The fourth-order valence-corrected chi connectivity index (χ4v) is 3.01. The van der Waals surface area contributed by atoms with Crippen molar-refractivity contribution >= 4 is 33.7 Å². The lowest BCUT2D eigenvalue weighted by atomic mass is 10.0. The first-order chi connectivity index (χ1) is 11.0. The minimum Gasteiger partial charge on any atom is -0.464 e. The maximum atomic E-state index is 12.0. The van der Waals surface area contributed by atoms with Gasteiger partial charge in [0, 0.05) is 21.8 Å². The van der Waals surface area contributed by atoms with Gasteiger partial charge in [0.15, 0.2) is 0 Å². The van der Waals surface area contributed by atoms with Crippen molar-refractivity contribution in [1.29, 1.82) is 0 Å². The molecular weight excluding hydrogens is 296 g/mol. The molecule has 3 rings (SSSR count). The van der Waals surface area contributed by atoms with E-state index in [0.717, 1.165) is 32.9 Å². The molecule has 2 heterocycles. The molecule has 1 aromatic carbocycles. The van der Waals surface area contributed by atoms with Crippen LogP contribution in [0.1, 0.15) is 39.0 Å². The zero-order chi connectivity index (χ0) is 16.7. The largest absolute Gasteiger partial charge is 0.464 e. The number of methoxy groups -OCH3 is 1. The Bertz CT molecular complexity index is 933. The number of aromatic amines is 2. The van der Waals surface area contributed by atoms with Gasteiger partial charge >= 0.3 is 11.9 Å². The van der Waals surface area contributed by atoms with Crippen molar-refractivity contribution in [1.82, 2.24) is 9.97 Å². The summed E-state index contributed by atoms with van der Waals surface area (Å²) in [6, 6.07) is 3.66. The minimum absolute atomic E-state index is 0.329. The van der Waals surface area contributed by atoms with E-state index in [4.69, 9.17) is 9.47 Å². The van der Waals surface area contributed by atoms with Gasteiger partial charge in [0.05, 0.1) is 13.7 Å². The molecule has 0 unspecified atom stereocenters. The van der Waals surface area contributed by atoms with Gasteiger partial charge in [0.2, 0.25) is 0 Å². The van der Waals surface area contributed by atoms with Gasteiger partial charge in [-0.15, -0.1) is 0 Å². The Morgan fingerprint density at radius 3 is 2.43 bits per heavy atom. The molecule has 0 saturated heterocycles. The van der Waals surface area contributed by atoms with Crippen LogP contribution in [-0.2, 0) is 9.47 Å². The van der Waals surface area contributed by atoms with Crippen LogP contribution in [0.5, 0.6) is 0 Å². The monoisotopic (exact) mass is 314 g/mol. The van der Waals surface area contributed by atoms with Crippen molar-refractivity contribution in [3.8, 4) is 0 Å². The topological polar surface area (TPSA) is 84.2 Å². The summed E-state index contributed by atoms with van der Waals surface area (Å²) >= 11 is 0. The molecule has 0 amide bonds. The highest BCUT2D eigenvalue weighted by atomic mass is 16.5. The average molecular weight is 314 g/mol. The van der Waals surface area contributed by atoms with Crippen LogP contribution in [0.4, 0.5) is 0 Å². The maximum Gasteiger partial charge on any atom is 0.355 e. The van der Waals surface area contributed by atoms with Gasteiger partial charge in [-0.1, -0.05) is 0 Å². The summed E-state index contributed by atoms with van der Waals surface area (Å²) in [5.41, 5.74) is 4.35. The molecule has 0 atom stereocenters. The number of aryl methyl sites for hydroxylation is 2. The standard InChI is InChI=1S/C17H18N2O4/c1-5-23-17(21)15-9(3)14-8(2)10-6-13(16(20)22-4)18-11(10)7-12(14)19-15/h6-7,18-19H,5H2,1-4H3. The van der Waals surface area contributed by atoms with E-state index in [-0.39, 0.29) is 5.97 Å². The average Bonchev–Trinajstić information content (AvgIpc) is 3.09. The van der Waals surface area contributed by atoms with E-state index >= 15 is 0 Å². The van der Waals surface area contributed by atoms with Gasteiger partial charge in [0.25, 0.3) is 0 Å². The lowest BCUT2D eigenvalue weighted by Gasteiger charge is -2.01. The summed E-state index contributed by atoms with van der Waals surface area (Å²) in [5, 5.41) is 1.89. The Morgan fingerprint density at radius 1 is 1.04 bits per heavy atom. The Labute approximate surface area is 132 Å². The predicted octanol–water partition coefficient (Wildman–Crippen LogP) is 3.23. The van der Waals surface area contributed by atoms with Crippen LogP contribution in [-0.4, -0.2) is 35.6 Å². The van der Waals surface area contributed by atoms with Crippen LogP contribution >= 0.6 is 0 Å². The highest BCUT2D eigenvalue weighted by molar-refractivity contribution is 6.07. The second-order valence-corrected chi connectivity index (χ2v) is 5.41. The van der Waals surface area contributed by atoms with Crippen LogP contribution in [0.25, 0.3) is 21.8 Å². The van der Waals surface area contributed by atoms with E-state index in [1.54, 1.807) is 13.0 Å². The first kappa shape index (κ1) is 15.1.